The van der Waals surface area contributed by atoms with E-state index in [0.717, 1.165) is 20.1 Å². The van der Waals surface area contributed by atoms with Crippen molar-refractivity contribution in [3.05, 3.63) is 54.1 Å². The lowest BCUT2D eigenvalue weighted by Gasteiger charge is -2.06. The van der Waals surface area contributed by atoms with Gasteiger partial charge in [-0.15, -0.1) is 11.3 Å². The average Bonchev–Trinajstić information content (AvgIpc) is 3.04. The summed E-state index contributed by atoms with van der Waals surface area (Å²) in [6.45, 7) is 0. The Balaban J connectivity index is 1.50. The Hall–Kier alpha value is -1.90. The van der Waals surface area contributed by atoms with Gasteiger partial charge in [0.15, 0.2) is 14.2 Å². The monoisotopic (exact) mass is 420 g/mol. The third-order valence-electron chi connectivity index (χ3n) is 3.92. The molecular weight excluding hydrogens is 400 g/mol. The molecule has 8 heteroatoms. The molecule has 1 N–H and O–H groups in total. The van der Waals surface area contributed by atoms with E-state index < -0.39 is 9.84 Å². The molecule has 5 nitrogen and oxygen atoms in total. The number of hydrogen-bond acceptors (Lipinski definition) is 6. The van der Waals surface area contributed by atoms with Crippen molar-refractivity contribution in [1.82, 2.24) is 4.98 Å². The summed E-state index contributed by atoms with van der Waals surface area (Å²) in [6.07, 6.45) is 2.46. The van der Waals surface area contributed by atoms with E-state index in [1.54, 1.807) is 35.2 Å². The molecule has 0 radical (unpaired) electrons. The van der Waals surface area contributed by atoms with Crippen LogP contribution >= 0.6 is 23.1 Å². The maximum absolute atomic E-state index is 12.2. The Morgan fingerprint density at radius 2 is 1.96 bits per heavy atom. The molecule has 0 aliphatic rings. The highest BCUT2D eigenvalue weighted by atomic mass is 32.2. The highest BCUT2D eigenvalue weighted by Crippen LogP contribution is 2.30. The zero-order chi connectivity index (χ0) is 19.3. The first kappa shape index (κ1) is 19.9. The fourth-order valence-corrected chi connectivity index (χ4v) is 5.60. The van der Waals surface area contributed by atoms with Gasteiger partial charge in [-0.1, -0.05) is 42.1 Å². The molecule has 3 aromatic rings. The standard InChI is InChI=1S/C19H20N2O3S3/c1-25-19-21-16-10-9-15(12-17(16)26-19)20-18(22)8-5-11-27(23,24)13-14-6-3-2-4-7-14/h2-4,6-7,9-10,12H,5,8,11,13H2,1H3,(H,20,22). The Morgan fingerprint density at radius 1 is 1.19 bits per heavy atom. The van der Waals surface area contributed by atoms with Crippen molar-refractivity contribution >= 4 is 54.7 Å². The number of carbonyl (C=O) groups is 1. The number of anilines is 1. The number of thioether (sulfide) groups is 1. The highest BCUT2D eigenvalue weighted by Gasteiger charge is 2.13. The Labute approximate surface area is 167 Å². The lowest BCUT2D eigenvalue weighted by atomic mass is 10.2. The predicted molar refractivity (Wildman–Crippen MR) is 113 cm³/mol. The lowest BCUT2D eigenvalue weighted by Crippen LogP contribution is -2.15. The van der Waals surface area contributed by atoms with Crippen LogP contribution in [0.15, 0.2) is 52.9 Å². The summed E-state index contributed by atoms with van der Waals surface area (Å²) in [5, 5.41) is 2.84. The molecule has 142 valence electrons. The first-order chi connectivity index (χ1) is 12.9. The summed E-state index contributed by atoms with van der Waals surface area (Å²) < 4.78 is 26.4. The number of benzene rings is 2. The van der Waals surface area contributed by atoms with Gasteiger partial charge in [0.1, 0.15) is 0 Å². The van der Waals surface area contributed by atoms with Crippen LogP contribution in [0.3, 0.4) is 0 Å². The second kappa shape index (κ2) is 8.86. The van der Waals surface area contributed by atoms with Gasteiger partial charge in [-0.2, -0.15) is 0 Å². The molecule has 1 heterocycles. The third kappa shape index (κ3) is 5.79. The fourth-order valence-electron chi connectivity index (χ4n) is 2.65. The van der Waals surface area contributed by atoms with Crippen LogP contribution < -0.4 is 5.32 Å². The number of nitrogens with zero attached hydrogens (tertiary/aromatic N) is 1. The summed E-state index contributed by atoms with van der Waals surface area (Å²) in [6, 6.07) is 14.7. The number of sulfone groups is 1. The minimum absolute atomic E-state index is 0.000275. The van der Waals surface area contributed by atoms with Crippen molar-refractivity contribution in [1.29, 1.82) is 0 Å². The minimum atomic E-state index is -3.22. The van der Waals surface area contributed by atoms with Gasteiger partial charge in [-0.3, -0.25) is 4.79 Å². The molecule has 0 unspecified atom stereocenters. The van der Waals surface area contributed by atoms with Gasteiger partial charge in [-0.05, 0) is 36.4 Å². The zero-order valence-electron chi connectivity index (χ0n) is 14.8. The molecule has 3 rings (SSSR count). The molecule has 0 aliphatic carbocycles. The van der Waals surface area contributed by atoms with Gasteiger partial charge >= 0.3 is 0 Å². The van der Waals surface area contributed by atoms with Crippen LogP contribution in [0.25, 0.3) is 10.2 Å². The Morgan fingerprint density at radius 3 is 2.70 bits per heavy atom. The molecule has 0 fully saturated rings. The topological polar surface area (TPSA) is 76.1 Å². The molecule has 2 aromatic carbocycles. The minimum Gasteiger partial charge on any atom is -0.326 e. The maximum atomic E-state index is 12.2. The van der Waals surface area contributed by atoms with Crippen LogP contribution in [-0.4, -0.2) is 31.3 Å². The number of aromatic nitrogens is 1. The largest absolute Gasteiger partial charge is 0.326 e. The van der Waals surface area contributed by atoms with E-state index >= 15 is 0 Å². The van der Waals surface area contributed by atoms with E-state index in [4.69, 9.17) is 0 Å². The molecule has 27 heavy (non-hydrogen) atoms. The molecule has 0 aliphatic heterocycles. The van der Waals surface area contributed by atoms with Gasteiger partial charge in [0.2, 0.25) is 5.91 Å². The van der Waals surface area contributed by atoms with Crippen molar-refractivity contribution in [3.63, 3.8) is 0 Å². The fraction of sp³-hybridized carbons (Fsp3) is 0.263. The number of amides is 1. The summed E-state index contributed by atoms with van der Waals surface area (Å²) in [7, 11) is -3.22. The maximum Gasteiger partial charge on any atom is 0.224 e. The molecule has 0 spiro atoms. The van der Waals surface area contributed by atoms with Gasteiger partial charge in [0.05, 0.1) is 21.7 Å². The van der Waals surface area contributed by atoms with Crippen molar-refractivity contribution in [2.24, 2.45) is 0 Å². The first-order valence-electron chi connectivity index (χ1n) is 8.44. The first-order valence-corrected chi connectivity index (χ1v) is 12.3. The summed E-state index contributed by atoms with van der Waals surface area (Å²) >= 11 is 3.17. The predicted octanol–water partition coefficient (Wildman–Crippen LogP) is 4.35. The molecular formula is C19H20N2O3S3. The van der Waals surface area contributed by atoms with Gasteiger partial charge < -0.3 is 5.32 Å². The van der Waals surface area contributed by atoms with Crippen LogP contribution in [-0.2, 0) is 20.4 Å². The molecule has 0 atom stereocenters. The number of nitrogens with one attached hydrogen (secondary N) is 1. The lowest BCUT2D eigenvalue weighted by molar-refractivity contribution is -0.116. The van der Waals surface area contributed by atoms with Crippen LogP contribution in [0.1, 0.15) is 18.4 Å². The zero-order valence-corrected chi connectivity index (χ0v) is 17.3. The molecule has 0 bridgehead atoms. The van der Waals surface area contributed by atoms with Crippen molar-refractivity contribution in [2.75, 3.05) is 17.3 Å². The number of carbonyl (C=O) groups excluding carboxylic acids is 1. The van der Waals surface area contributed by atoms with Crippen LogP contribution in [0.5, 0.6) is 0 Å². The molecule has 0 saturated heterocycles. The summed E-state index contributed by atoms with van der Waals surface area (Å²) in [5.41, 5.74) is 2.38. The van der Waals surface area contributed by atoms with E-state index in [9.17, 15) is 13.2 Å². The van der Waals surface area contributed by atoms with Crippen molar-refractivity contribution in [3.8, 4) is 0 Å². The average molecular weight is 421 g/mol. The molecule has 0 saturated carbocycles. The second-order valence-electron chi connectivity index (χ2n) is 6.10. The number of thiazole rings is 1. The molecule has 1 amide bonds. The smallest absolute Gasteiger partial charge is 0.224 e. The van der Waals surface area contributed by atoms with Crippen molar-refractivity contribution < 1.29 is 13.2 Å². The van der Waals surface area contributed by atoms with E-state index in [2.05, 4.69) is 10.3 Å². The quantitative estimate of drug-likeness (QED) is 0.548. The summed E-state index contributed by atoms with van der Waals surface area (Å²) in [4.78, 5) is 16.6. The van der Waals surface area contributed by atoms with Crippen molar-refractivity contribution in [2.45, 2.75) is 22.9 Å². The number of hydrogen-bond donors (Lipinski definition) is 1. The SMILES string of the molecule is CSc1nc2ccc(NC(=O)CCCS(=O)(=O)Cc3ccccc3)cc2s1. The van der Waals surface area contributed by atoms with Crippen LogP contribution in [0.4, 0.5) is 5.69 Å². The highest BCUT2D eigenvalue weighted by molar-refractivity contribution is 8.00. The van der Waals surface area contributed by atoms with E-state index in [1.807, 2.05) is 42.7 Å². The van der Waals surface area contributed by atoms with Crippen LogP contribution in [0, 0.1) is 0 Å². The number of fused-ring (bicyclic) bond motifs is 1. The van der Waals surface area contributed by atoms with Gasteiger partial charge in [0, 0.05) is 12.1 Å². The third-order valence-corrected chi connectivity index (χ3v) is 7.60. The normalized spacial score (nSPS) is 11.6. The number of rotatable bonds is 8. The molecule has 1 aromatic heterocycles. The van der Waals surface area contributed by atoms with E-state index in [-0.39, 0.29) is 23.8 Å². The Bertz CT molecular complexity index is 1030. The summed E-state index contributed by atoms with van der Waals surface area (Å²) in [5.74, 6) is -0.172. The van der Waals surface area contributed by atoms with Gasteiger partial charge in [-0.25, -0.2) is 13.4 Å². The Kier molecular flexibility index (Phi) is 6.51. The van der Waals surface area contributed by atoms with E-state index in [0.29, 0.717) is 12.1 Å². The van der Waals surface area contributed by atoms with Crippen LogP contribution in [0.2, 0.25) is 0 Å². The van der Waals surface area contributed by atoms with E-state index in [1.165, 1.54) is 0 Å². The second-order valence-corrected chi connectivity index (χ2v) is 10.4. The van der Waals surface area contributed by atoms with Gasteiger partial charge in [0.25, 0.3) is 0 Å².